The zero-order valence-electron chi connectivity index (χ0n) is 11.1. The van der Waals surface area contributed by atoms with Gasteiger partial charge in [-0.15, -0.1) is 0 Å². The molecule has 2 rings (SSSR count). The second-order valence-corrected chi connectivity index (χ2v) is 4.25. The minimum atomic E-state index is -0.344. The molecule has 2 aromatic carbocycles. The molecule has 0 aliphatic heterocycles. The molecule has 0 bridgehead atoms. The largest absolute Gasteiger partial charge is 0.489 e. The van der Waals surface area contributed by atoms with Crippen molar-refractivity contribution in [1.29, 1.82) is 0 Å². The van der Waals surface area contributed by atoms with Crippen molar-refractivity contribution in [2.24, 2.45) is 0 Å². The molecule has 0 saturated heterocycles. The van der Waals surface area contributed by atoms with Gasteiger partial charge >= 0.3 is 5.97 Å². The van der Waals surface area contributed by atoms with Crippen molar-refractivity contribution in [2.45, 2.75) is 13.5 Å². The van der Waals surface area contributed by atoms with E-state index in [2.05, 4.69) is 0 Å². The van der Waals surface area contributed by atoms with Crippen LogP contribution in [-0.4, -0.2) is 13.1 Å². The number of carbonyl (C=O) groups is 1. The summed E-state index contributed by atoms with van der Waals surface area (Å²) in [5.41, 5.74) is 2.54. The third-order valence-electron chi connectivity index (χ3n) is 2.84. The molecule has 0 radical (unpaired) electrons. The van der Waals surface area contributed by atoms with E-state index in [-0.39, 0.29) is 5.97 Å². The van der Waals surface area contributed by atoms with Crippen molar-refractivity contribution in [3.05, 3.63) is 65.2 Å². The van der Waals surface area contributed by atoms with Crippen LogP contribution in [0.25, 0.3) is 0 Å². The van der Waals surface area contributed by atoms with Gasteiger partial charge in [-0.3, -0.25) is 0 Å². The lowest BCUT2D eigenvalue weighted by Crippen LogP contribution is -2.07. The monoisotopic (exact) mass is 256 g/mol. The summed E-state index contributed by atoms with van der Waals surface area (Å²) >= 11 is 0. The van der Waals surface area contributed by atoms with E-state index in [1.807, 2.05) is 49.4 Å². The fourth-order valence-electron chi connectivity index (χ4n) is 1.75. The van der Waals surface area contributed by atoms with Gasteiger partial charge in [0.25, 0.3) is 0 Å². The molecule has 0 unspecified atom stereocenters. The number of aryl methyl sites for hydroxylation is 1. The van der Waals surface area contributed by atoms with Gasteiger partial charge in [-0.2, -0.15) is 0 Å². The number of hydrogen-bond acceptors (Lipinski definition) is 3. The highest BCUT2D eigenvalue weighted by molar-refractivity contribution is 5.90. The van der Waals surface area contributed by atoms with Gasteiger partial charge in [0.05, 0.1) is 12.7 Å². The van der Waals surface area contributed by atoms with E-state index in [0.717, 1.165) is 11.3 Å². The third kappa shape index (κ3) is 3.35. The van der Waals surface area contributed by atoms with E-state index in [4.69, 9.17) is 9.47 Å². The number of rotatable bonds is 4. The predicted octanol–water partition coefficient (Wildman–Crippen LogP) is 3.36. The number of hydrogen-bond donors (Lipinski definition) is 0. The van der Waals surface area contributed by atoms with E-state index >= 15 is 0 Å². The van der Waals surface area contributed by atoms with E-state index in [1.54, 1.807) is 6.07 Å². The number of carbonyl (C=O) groups excluding carboxylic acids is 1. The lowest BCUT2D eigenvalue weighted by Gasteiger charge is -2.10. The molecule has 3 heteroatoms. The number of esters is 1. The fraction of sp³-hybridized carbons (Fsp3) is 0.188. The molecule has 0 amide bonds. The first-order chi connectivity index (χ1) is 9.20. The van der Waals surface area contributed by atoms with Gasteiger partial charge in [0.2, 0.25) is 0 Å². The summed E-state index contributed by atoms with van der Waals surface area (Å²) in [6.07, 6.45) is 0. The van der Waals surface area contributed by atoms with Gasteiger partial charge in [0.15, 0.2) is 0 Å². The van der Waals surface area contributed by atoms with Crippen molar-refractivity contribution in [1.82, 2.24) is 0 Å². The van der Waals surface area contributed by atoms with Crippen molar-refractivity contribution in [3.63, 3.8) is 0 Å². The van der Waals surface area contributed by atoms with Gasteiger partial charge in [0, 0.05) is 5.56 Å². The van der Waals surface area contributed by atoms with Crippen molar-refractivity contribution in [3.8, 4) is 5.75 Å². The van der Waals surface area contributed by atoms with Crippen LogP contribution >= 0.6 is 0 Å². The molecule has 0 N–H and O–H groups in total. The third-order valence-corrected chi connectivity index (χ3v) is 2.84. The smallest absolute Gasteiger partial charge is 0.338 e. The Hall–Kier alpha value is -2.29. The summed E-state index contributed by atoms with van der Waals surface area (Å²) in [6, 6.07) is 15.1. The molecule has 0 atom stereocenters. The van der Waals surface area contributed by atoms with Crippen LogP contribution in [0.5, 0.6) is 5.75 Å². The Morgan fingerprint density at radius 1 is 1.05 bits per heavy atom. The van der Waals surface area contributed by atoms with E-state index in [9.17, 15) is 4.79 Å². The van der Waals surface area contributed by atoms with E-state index in [0.29, 0.717) is 12.2 Å². The topological polar surface area (TPSA) is 35.5 Å². The molecule has 3 nitrogen and oxygen atoms in total. The minimum Gasteiger partial charge on any atom is -0.489 e. The zero-order valence-corrected chi connectivity index (χ0v) is 11.1. The van der Waals surface area contributed by atoms with Crippen LogP contribution in [0.3, 0.4) is 0 Å². The second-order valence-electron chi connectivity index (χ2n) is 4.25. The highest BCUT2D eigenvalue weighted by atomic mass is 16.5. The summed E-state index contributed by atoms with van der Waals surface area (Å²) in [6.45, 7) is 2.37. The average Bonchev–Trinajstić information content (AvgIpc) is 2.46. The van der Waals surface area contributed by atoms with Crippen molar-refractivity contribution >= 4 is 5.97 Å². The average molecular weight is 256 g/mol. The first-order valence-corrected chi connectivity index (χ1v) is 6.06. The minimum absolute atomic E-state index is 0.342. The Morgan fingerprint density at radius 3 is 2.42 bits per heavy atom. The SMILES string of the molecule is COC(=O)c1ccccc1COc1ccc(C)cc1. The highest BCUT2D eigenvalue weighted by Gasteiger charge is 2.11. The molecule has 98 valence electrons. The number of benzene rings is 2. The van der Waals surface area contributed by atoms with Gasteiger partial charge in [0.1, 0.15) is 12.4 Å². The molecule has 0 aromatic heterocycles. The predicted molar refractivity (Wildman–Crippen MR) is 73.3 cm³/mol. The van der Waals surface area contributed by atoms with Crippen LogP contribution in [0.1, 0.15) is 21.5 Å². The van der Waals surface area contributed by atoms with E-state index < -0.39 is 0 Å². The Morgan fingerprint density at radius 2 is 1.74 bits per heavy atom. The summed E-state index contributed by atoms with van der Waals surface area (Å²) in [4.78, 5) is 11.6. The molecule has 0 heterocycles. The van der Waals surface area contributed by atoms with Gasteiger partial charge in [-0.1, -0.05) is 35.9 Å². The zero-order chi connectivity index (χ0) is 13.7. The summed E-state index contributed by atoms with van der Waals surface area (Å²) in [5, 5.41) is 0. The van der Waals surface area contributed by atoms with Crippen LogP contribution in [-0.2, 0) is 11.3 Å². The summed E-state index contributed by atoms with van der Waals surface area (Å²) < 4.78 is 10.4. The molecule has 19 heavy (non-hydrogen) atoms. The summed E-state index contributed by atoms with van der Waals surface area (Å²) in [7, 11) is 1.37. The Balaban J connectivity index is 2.11. The molecule has 0 aliphatic carbocycles. The Labute approximate surface area is 112 Å². The maximum absolute atomic E-state index is 11.6. The first kappa shape index (κ1) is 13.1. The lowest BCUT2D eigenvalue weighted by molar-refractivity contribution is 0.0597. The van der Waals surface area contributed by atoms with Crippen molar-refractivity contribution in [2.75, 3.05) is 7.11 Å². The molecule has 0 aliphatic rings. The number of ether oxygens (including phenoxy) is 2. The van der Waals surface area contributed by atoms with Crippen LogP contribution in [0, 0.1) is 6.92 Å². The molecule has 2 aromatic rings. The van der Waals surface area contributed by atoms with Crippen LogP contribution < -0.4 is 4.74 Å². The first-order valence-electron chi connectivity index (χ1n) is 6.06. The second kappa shape index (κ2) is 6.05. The van der Waals surface area contributed by atoms with Gasteiger partial charge in [-0.05, 0) is 25.1 Å². The van der Waals surface area contributed by atoms with Crippen LogP contribution in [0.4, 0.5) is 0 Å². The molecular formula is C16H16O3. The highest BCUT2D eigenvalue weighted by Crippen LogP contribution is 2.16. The maximum atomic E-state index is 11.6. The van der Waals surface area contributed by atoms with Crippen LogP contribution in [0.15, 0.2) is 48.5 Å². The normalized spacial score (nSPS) is 10.0. The molecule has 0 fully saturated rings. The Bertz CT molecular complexity index is 558. The van der Waals surface area contributed by atoms with Gasteiger partial charge < -0.3 is 9.47 Å². The fourth-order valence-corrected chi connectivity index (χ4v) is 1.75. The molecular weight excluding hydrogens is 240 g/mol. The number of methoxy groups -OCH3 is 1. The lowest BCUT2D eigenvalue weighted by atomic mass is 10.1. The quantitative estimate of drug-likeness (QED) is 0.787. The standard InChI is InChI=1S/C16H16O3/c1-12-7-9-14(10-8-12)19-11-13-5-3-4-6-15(13)16(17)18-2/h3-10H,11H2,1-2H3. The summed E-state index contributed by atoms with van der Waals surface area (Å²) in [5.74, 6) is 0.438. The van der Waals surface area contributed by atoms with Crippen LogP contribution in [0.2, 0.25) is 0 Å². The molecule has 0 spiro atoms. The Kier molecular flexibility index (Phi) is 4.18. The van der Waals surface area contributed by atoms with E-state index in [1.165, 1.54) is 12.7 Å². The molecule has 0 saturated carbocycles. The van der Waals surface area contributed by atoms with Crippen molar-refractivity contribution < 1.29 is 14.3 Å². The maximum Gasteiger partial charge on any atom is 0.338 e. The van der Waals surface area contributed by atoms with Gasteiger partial charge in [-0.25, -0.2) is 4.79 Å².